The minimum atomic E-state index is -0.0875. The van der Waals surface area contributed by atoms with Crippen molar-refractivity contribution in [3.63, 3.8) is 0 Å². The van der Waals surface area contributed by atoms with E-state index in [1.54, 1.807) is 24.5 Å². The van der Waals surface area contributed by atoms with E-state index in [1.165, 1.54) is 6.08 Å². The third kappa shape index (κ3) is 4.20. The number of rotatable bonds is 5. The summed E-state index contributed by atoms with van der Waals surface area (Å²) in [5, 5.41) is 4.67. The van der Waals surface area contributed by atoms with Gasteiger partial charge in [0.05, 0.1) is 6.61 Å². The molecule has 1 N–H and O–H groups in total. The third-order valence-corrected chi connectivity index (χ3v) is 2.39. The predicted octanol–water partition coefficient (Wildman–Crippen LogP) is 1.52. The molecule has 0 atom stereocenters. The second kappa shape index (κ2) is 6.34. The van der Waals surface area contributed by atoms with Crippen molar-refractivity contribution in [2.24, 2.45) is 0 Å². The van der Waals surface area contributed by atoms with Crippen LogP contribution in [-0.4, -0.2) is 26.2 Å². The average molecular weight is 211 g/mol. The number of hydrogen-bond acceptors (Lipinski definition) is 3. The van der Waals surface area contributed by atoms with E-state index in [9.17, 15) is 4.79 Å². The van der Waals surface area contributed by atoms with Gasteiger partial charge in [-0.1, -0.05) is 6.07 Å². The molecule has 1 amide bonds. The fourth-order valence-corrected chi connectivity index (χ4v) is 1.50. The van der Waals surface area contributed by atoms with E-state index >= 15 is 0 Å². The molecule has 0 fully saturated rings. The van der Waals surface area contributed by atoms with Crippen LogP contribution < -0.4 is 5.32 Å². The van der Waals surface area contributed by atoms with Gasteiger partial charge in [-0.05, 0) is 17.5 Å². The molecule has 1 aromatic rings. The Morgan fingerprint density at radius 1 is 1.71 bits per heavy atom. The quantitative estimate of drug-likeness (QED) is 0.592. The molecule has 0 aliphatic carbocycles. The summed E-state index contributed by atoms with van der Waals surface area (Å²) in [5.74, 6) is -0.0875. The van der Waals surface area contributed by atoms with Crippen LogP contribution in [0.2, 0.25) is 0 Å². The molecule has 1 rings (SSSR count). The maximum atomic E-state index is 11.2. The van der Waals surface area contributed by atoms with Gasteiger partial charge in [-0.3, -0.25) is 4.79 Å². The standard InChI is InChI=1S/C10H13NO2S/c1-13-7-6-11-10(12)5-4-9-3-2-8-14-9/h2-5,8H,6-7H2,1H3,(H,11,12)/b5-4-. The highest BCUT2D eigenvalue weighted by molar-refractivity contribution is 7.10. The molecule has 0 aliphatic rings. The number of carbonyl (C=O) groups excluding carboxylic acids is 1. The zero-order valence-electron chi connectivity index (χ0n) is 8.03. The number of methoxy groups -OCH3 is 1. The van der Waals surface area contributed by atoms with Crippen molar-refractivity contribution in [3.8, 4) is 0 Å². The summed E-state index contributed by atoms with van der Waals surface area (Å²) in [6.45, 7) is 1.09. The number of amides is 1. The van der Waals surface area contributed by atoms with Gasteiger partial charge in [0.15, 0.2) is 0 Å². The molecule has 0 aromatic carbocycles. The van der Waals surface area contributed by atoms with Crippen molar-refractivity contribution in [1.29, 1.82) is 0 Å². The van der Waals surface area contributed by atoms with E-state index in [2.05, 4.69) is 5.32 Å². The molecule has 3 nitrogen and oxygen atoms in total. The van der Waals surface area contributed by atoms with Gasteiger partial charge in [0.2, 0.25) is 5.91 Å². The molecule has 0 bridgehead atoms. The first-order chi connectivity index (χ1) is 6.83. The Hall–Kier alpha value is -1.13. The van der Waals surface area contributed by atoms with Crippen molar-refractivity contribution >= 4 is 23.3 Å². The largest absolute Gasteiger partial charge is 0.383 e. The van der Waals surface area contributed by atoms with Gasteiger partial charge in [0, 0.05) is 24.6 Å². The molecule has 0 radical (unpaired) electrons. The van der Waals surface area contributed by atoms with Gasteiger partial charge in [0.25, 0.3) is 0 Å². The fraction of sp³-hybridized carbons (Fsp3) is 0.300. The summed E-state index contributed by atoms with van der Waals surface area (Å²) in [5.41, 5.74) is 0. The number of nitrogens with one attached hydrogen (secondary N) is 1. The monoisotopic (exact) mass is 211 g/mol. The molecule has 0 saturated carbocycles. The molecular weight excluding hydrogens is 198 g/mol. The molecule has 0 spiro atoms. The minimum absolute atomic E-state index is 0.0875. The summed E-state index contributed by atoms with van der Waals surface area (Å²) < 4.78 is 4.81. The van der Waals surface area contributed by atoms with Crippen molar-refractivity contribution in [2.75, 3.05) is 20.3 Å². The molecular formula is C10H13NO2S. The number of hydrogen-bond donors (Lipinski definition) is 1. The van der Waals surface area contributed by atoms with Gasteiger partial charge in [-0.25, -0.2) is 0 Å². The van der Waals surface area contributed by atoms with Gasteiger partial charge < -0.3 is 10.1 Å². The van der Waals surface area contributed by atoms with Gasteiger partial charge in [-0.2, -0.15) is 0 Å². The Morgan fingerprint density at radius 2 is 2.57 bits per heavy atom. The maximum absolute atomic E-state index is 11.2. The second-order valence-corrected chi connectivity index (χ2v) is 3.61. The summed E-state index contributed by atoms with van der Waals surface area (Å²) in [7, 11) is 1.60. The van der Waals surface area contributed by atoms with Crippen LogP contribution in [0.15, 0.2) is 23.6 Å². The first kappa shape index (κ1) is 10.9. The third-order valence-electron chi connectivity index (χ3n) is 1.55. The zero-order valence-corrected chi connectivity index (χ0v) is 8.84. The highest BCUT2D eigenvalue weighted by atomic mass is 32.1. The van der Waals surface area contributed by atoms with E-state index in [4.69, 9.17) is 4.74 Å². The van der Waals surface area contributed by atoms with Crippen LogP contribution in [0.25, 0.3) is 6.08 Å². The van der Waals surface area contributed by atoms with Gasteiger partial charge in [0.1, 0.15) is 0 Å². The molecule has 76 valence electrons. The first-order valence-corrected chi connectivity index (χ1v) is 5.19. The predicted molar refractivity (Wildman–Crippen MR) is 58.2 cm³/mol. The SMILES string of the molecule is COCCNC(=O)/C=C\c1cccs1. The summed E-state index contributed by atoms with van der Waals surface area (Å²) >= 11 is 1.60. The summed E-state index contributed by atoms with van der Waals surface area (Å²) in [6.07, 6.45) is 3.33. The molecule has 0 aliphatic heterocycles. The van der Waals surface area contributed by atoms with Crippen LogP contribution in [0.3, 0.4) is 0 Å². The first-order valence-electron chi connectivity index (χ1n) is 4.31. The topological polar surface area (TPSA) is 38.3 Å². The van der Waals surface area contributed by atoms with Crippen LogP contribution in [0.5, 0.6) is 0 Å². The van der Waals surface area contributed by atoms with E-state index in [1.807, 2.05) is 17.5 Å². The Kier molecular flexibility index (Phi) is 4.96. The highest BCUT2D eigenvalue weighted by Crippen LogP contribution is 2.09. The van der Waals surface area contributed by atoms with Crippen LogP contribution in [0.1, 0.15) is 4.88 Å². The van der Waals surface area contributed by atoms with Crippen LogP contribution in [0, 0.1) is 0 Å². The zero-order chi connectivity index (χ0) is 10.2. The Balaban J connectivity index is 2.26. The van der Waals surface area contributed by atoms with Crippen LogP contribution >= 0.6 is 11.3 Å². The van der Waals surface area contributed by atoms with Crippen LogP contribution in [0.4, 0.5) is 0 Å². The van der Waals surface area contributed by atoms with Crippen molar-refractivity contribution in [2.45, 2.75) is 0 Å². The molecule has 4 heteroatoms. The summed E-state index contributed by atoms with van der Waals surface area (Å²) in [4.78, 5) is 12.2. The van der Waals surface area contributed by atoms with Crippen molar-refractivity contribution < 1.29 is 9.53 Å². The lowest BCUT2D eigenvalue weighted by Gasteiger charge is -1.99. The molecule has 14 heavy (non-hydrogen) atoms. The minimum Gasteiger partial charge on any atom is -0.383 e. The maximum Gasteiger partial charge on any atom is 0.244 e. The Morgan fingerprint density at radius 3 is 3.21 bits per heavy atom. The number of thiophene rings is 1. The van der Waals surface area contributed by atoms with E-state index in [0.29, 0.717) is 13.2 Å². The smallest absolute Gasteiger partial charge is 0.244 e. The van der Waals surface area contributed by atoms with Crippen LogP contribution in [-0.2, 0) is 9.53 Å². The van der Waals surface area contributed by atoms with E-state index in [0.717, 1.165) is 4.88 Å². The van der Waals surface area contributed by atoms with E-state index in [-0.39, 0.29) is 5.91 Å². The Bertz CT molecular complexity index is 293. The highest BCUT2D eigenvalue weighted by Gasteiger charge is 1.93. The molecule has 0 unspecified atom stereocenters. The lowest BCUT2D eigenvalue weighted by molar-refractivity contribution is -0.116. The number of ether oxygens (including phenoxy) is 1. The molecule has 0 saturated heterocycles. The van der Waals surface area contributed by atoms with Gasteiger partial charge in [-0.15, -0.1) is 11.3 Å². The Labute approximate surface area is 87.4 Å². The second-order valence-electron chi connectivity index (χ2n) is 2.63. The lowest BCUT2D eigenvalue weighted by atomic mass is 10.4. The summed E-state index contributed by atoms with van der Waals surface area (Å²) in [6, 6.07) is 3.91. The van der Waals surface area contributed by atoms with E-state index < -0.39 is 0 Å². The normalized spacial score (nSPS) is 10.6. The van der Waals surface area contributed by atoms with Crippen molar-refractivity contribution in [3.05, 3.63) is 28.5 Å². The number of carbonyl (C=O) groups is 1. The van der Waals surface area contributed by atoms with Crippen molar-refractivity contribution in [1.82, 2.24) is 5.32 Å². The van der Waals surface area contributed by atoms with Gasteiger partial charge >= 0.3 is 0 Å². The lowest BCUT2D eigenvalue weighted by Crippen LogP contribution is -2.24. The molecule has 1 heterocycles. The molecule has 1 aromatic heterocycles. The fourth-order valence-electron chi connectivity index (χ4n) is 0.879. The average Bonchev–Trinajstić information content (AvgIpc) is 2.68.